The van der Waals surface area contributed by atoms with Gasteiger partial charge in [-0.1, -0.05) is 47.6 Å². The van der Waals surface area contributed by atoms with Crippen LogP contribution in [0.1, 0.15) is 0 Å². The van der Waals surface area contributed by atoms with Crippen molar-refractivity contribution < 1.29 is 9.90 Å². The zero-order chi connectivity index (χ0) is 16.9. The van der Waals surface area contributed by atoms with Gasteiger partial charge in [0.2, 0.25) is 11.1 Å². The Hall–Kier alpha value is -2.51. The van der Waals surface area contributed by atoms with Crippen LogP contribution in [-0.4, -0.2) is 31.9 Å². The number of aromatic hydroxyl groups is 1. The second-order valence-corrected chi connectivity index (χ2v) is 6.15. The zero-order valence-electron chi connectivity index (χ0n) is 12.4. The van der Waals surface area contributed by atoms with Gasteiger partial charge >= 0.3 is 0 Å². The molecule has 0 saturated carbocycles. The Labute approximate surface area is 147 Å². The topological polar surface area (TPSA) is 90.9 Å². The summed E-state index contributed by atoms with van der Waals surface area (Å²) in [5.41, 5.74) is 1.12. The first-order valence-corrected chi connectivity index (χ1v) is 8.38. The molecule has 3 aromatic rings. The van der Waals surface area contributed by atoms with E-state index in [4.69, 9.17) is 11.6 Å². The molecule has 3 N–H and O–H groups in total. The van der Waals surface area contributed by atoms with Crippen LogP contribution in [0.15, 0.2) is 53.7 Å². The second-order valence-electron chi connectivity index (χ2n) is 4.80. The van der Waals surface area contributed by atoms with Crippen molar-refractivity contribution in [1.29, 1.82) is 0 Å². The lowest BCUT2D eigenvalue weighted by molar-refractivity contribution is -0.113. The standard InChI is InChI=1S/C16H13ClN4O2S/c17-11-6-2-3-7-12(11)18-14(23)9-24-16-19-15(20-21-16)10-5-1-4-8-13(10)22/h1-8,22H,9H2,(H,18,23)(H,19,20,21). The highest BCUT2D eigenvalue weighted by Gasteiger charge is 2.12. The smallest absolute Gasteiger partial charge is 0.234 e. The highest BCUT2D eigenvalue weighted by atomic mass is 35.5. The first-order valence-electron chi connectivity index (χ1n) is 7.01. The molecule has 3 rings (SSSR count). The van der Waals surface area contributed by atoms with Gasteiger partial charge in [0.1, 0.15) is 5.75 Å². The lowest BCUT2D eigenvalue weighted by Gasteiger charge is -2.05. The number of nitrogens with zero attached hydrogens (tertiary/aromatic N) is 2. The van der Waals surface area contributed by atoms with Gasteiger partial charge in [-0.3, -0.25) is 9.89 Å². The number of carbonyl (C=O) groups is 1. The number of carbonyl (C=O) groups excluding carboxylic acids is 1. The molecular weight excluding hydrogens is 348 g/mol. The summed E-state index contributed by atoms with van der Waals surface area (Å²) in [4.78, 5) is 16.2. The summed E-state index contributed by atoms with van der Waals surface area (Å²) in [6, 6.07) is 13.8. The van der Waals surface area contributed by atoms with Crippen molar-refractivity contribution in [2.75, 3.05) is 11.1 Å². The third-order valence-electron chi connectivity index (χ3n) is 3.10. The Morgan fingerprint density at radius 2 is 1.96 bits per heavy atom. The Balaban J connectivity index is 1.61. The summed E-state index contributed by atoms with van der Waals surface area (Å²) in [7, 11) is 0. The number of thioether (sulfide) groups is 1. The molecular formula is C16H13ClN4O2S. The average Bonchev–Trinajstić information content (AvgIpc) is 3.04. The number of para-hydroxylation sites is 2. The van der Waals surface area contributed by atoms with E-state index in [0.29, 0.717) is 27.3 Å². The van der Waals surface area contributed by atoms with Crippen LogP contribution < -0.4 is 5.32 Å². The fraction of sp³-hybridized carbons (Fsp3) is 0.0625. The highest BCUT2D eigenvalue weighted by molar-refractivity contribution is 7.99. The third kappa shape index (κ3) is 3.87. The van der Waals surface area contributed by atoms with Crippen LogP contribution >= 0.6 is 23.4 Å². The van der Waals surface area contributed by atoms with Gasteiger partial charge in [0, 0.05) is 0 Å². The van der Waals surface area contributed by atoms with E-state index in [0.717, 1.165) is 0 Å². The van der Waals surface area contributed by atoms with E-state index in [-0.39, 0.29) is 17.4 Å². The molecule has 1 heterocycles. The number of phenols is 1. The summed E-state index contributed by atoms with van der Waals surface area (Å²) >= 11 is 7.18. The molecule has 0 spiro atoms. The minimum Gasteiger partial charge on any atom is -0.507 e. The molecule has 0 aliphatic rings. The summed E-state index contributed by atoms with van der Waals surface area (Å²) in [5, 5.41) is 20.2. The van der Waals surface area contributed by atoms with Crippen molar-refractivity contribution in [2.45, 2.75) is 5.16 Å². The van der Waals surface area contributed by atoms with Crippen LogP contribution in [0.5, 0.6) is 5.75 Å². The van der Waals surface area contributed by atoms with Crippen LogP contribution in [-0.2, 0) is 4.79 Å². The molecule has 0 radical (unpaired) electrons. The van der Waals surface area contributed by atoms with Crippen molar-refractivity contribution >= 4 is 35.0 Å². The number of amides is 1. The minimum absolute atomic E-state index is 0.113. The predicted octanol–water partition coefficient (Wildman–Crippen LogP) is 3.56. The van der Waals surface area contributed by atoms with E-state index in [1.54, 1.807) is 48.5 Å². The second kappa shape index (κ2) is 7.37. The largest absolute Gasteiger partial charge is 0.507 e. The number of aromatic nitrogens is 3. The van der Waals surface area contributed by atoms with E-state index < -0.39 is 0 Å². The van der Waals surface area contributed by atoms with Crippen molar-refractivity contribution in [3.05, 3.63) is 53.6 Å². The molecule has 0 fully saturated rings. The van der Waals surface area contributed by atoms with Crippen molar-refractivity contribution in [3.8, 4) is 17.1 Å². The molecule has 0 unspecified atom stereocenters. The lowest BCUT2D eigenvalue weighted by atomic mass is 10.2. The molecule has 0 aliphatic heterocycles. The quantitative estimate of drug-likeness (QED) is 0.605. The minimum atomic E-state index is -0.206. The van der Waals surface area contributed by atoms with E-state index in [2.05, 4.69) is 20.5 Å². The summed E-state index contributed by atoms with van der Waals surface area (Å²) in [5.74, 6) is 0.495. The molecule has 8 heteroatoms. The highest BCUT2D eigenvalue weighted by Crippen LogP contribution is 2.27. The van der Waals surface area contributed by atoms with Crippen LogP contribution in [0.2, 0.25) is 5.02 Å². The number of anilines is 1. The molecule has 2 aromatic carbocycles. The Morgan fingerprint density at radius 1 is 1.21 bits per heavy atom. The molecule has 0 atom stereocenters. The van der Waals surface area contributed by atoms with E-state index in [9.17, 15) is 9.90 Å². The number of rotatable bonds is 5. The molecule has 0 bridgehead atoms. The van der Waals surface area contributed by atoms with Crippen molar-refractivity contribution in [3.63, 3.8) is 0 Å². The molecule has 24 heavy (non-hydrogen) atoms. The number of hydrogen-bond donors (Lipinski definition) is 3. The number of H-pyrrole nitrogens is 1. The van der Waals surface area contributed by atoms with Crippen LogP contribution in [0.4, 0.5) is 5.69 Å². The summed E-state index contributed by atoms with van der Waals surface area (Å²) < 4.78 is 0. The first kappa shape index (κ1) is 16.4. The summed E-state index contributed by atoms with van der Waals surface area (Å²) in [6.07, 6.45) is 0. The number of aromatic amines is 1. The van der Waals surface area contributed by atoms with E-state index in [1.165, 1.54) is 11.8 Å². The van der Waals surface area contributed by atoms with Crippen LogP contribution in [0.25, 0.3) is 11.4 Å². The number of benzene rings is 2. The van der Waals surface area contributed by atoms with Gasteiger partial charge in [0.05, 0.1) is 22.0 Å². The molecule has 0 saturated heterocycles. The average molecular weight is 361 g/mol. The van der Waals surface area contributed by atoms with Crippen molar-refractivity contribution in [2.24, 2.45) is 0 Å². The van der Waals surface area contributed by atoms with E-state index >= 15 is 0 Å². The Kier molecular flexibility index (Phi) is 5.02. The van der Waals surface area contributed by atoms with Gasteiger partial charge in [-0.2, -0.15) is 0 Å². The maximum Gasteiger partial charge on any atom is 0.234 e. The van der Waals surface area contributed by atoms with Crippen LogP contribution in [0.3, 0.4) is 0 Å². The van der Waals surface area contributed by atoms with Gasteiger partial charge in [0.25, 0.3) is 0 Å². The third-order valence-corrected chi connectivity index (χ3v) is 4.28. The van der Waals surface area contributed by atoms with Gasteiger partial charge in [-0.25, -0.2) is 4.98 Å². The van der Waals surface area contributed by atoms with Crippen molar-refractivity contribution in [1.82, 2.24) is 15.2 Å². The van der Waals surface area contributed by atoms with E-state index in [1.807, 2.05) is 0 Å². The predicted molar refractivity (Wildman–Crippen MR) is 94.3 cm³/mol. The molecule has 6 nitrogen and oxygen atoms in total. The molecule has 1 amide bonds. The van der Waals surface area contributed by atoms with Gasteiger partial charge < -0.3 is 10.4 Å². The fourth-order valence-corrected chi connectivity index (χ4v) is 2.77. The first-order chi connectivity index (χ1) is 11.6. The Morgan fingerprint density at radius 3 is 2.75 bits per heavy atom. The Bertz CT molecular complexity index is 869. The maximum absolute atomic E-state index is 12.0. The number of phenolic OH excluding ortho intramolecular Hbond substituents is 1. The normalized spacial score (nSPS) is 10.5. The monoisotopic (exact) mass is 360 g/mol. The summed E-state index contributed by atoms with van der Waals surface area (Å²) in [6.45, 7) is 0. The van der Waals surface area contributed by atoms with Gasteiger partial charge in [-0.05, 0) is 24.3 Å². The zero-order valence-corrected chi connectivity index (χ0v) is 13.9. The molecule has 0 aliphatic carbocycles. The SMILES string of the molecule is O=C(CSc1n[nH]c(-c2ccccc2O)n1)Nc1ccccc1Cl. The number of hydrogen-bond acceptors (Lipinski definition) is 5. The maximum atomic E-state index is 12.0. The lowest BCUT2D eigenvalue weighted by Crippen LogP contribution is -2.14. The molecule has 1 aromatic heterocycles. The fourth-order valence-electron chi connectivity index (χ4n) is 1.98. The van der Waals surface area contributed by atoms with Gasteiger partial charge in [-0.15, -0.1) is 5.10 Å². The van der Waals surface area contributed by atoms with Gasteiger partial charge in [0.15, 0.2) is 5.82 Å². The molecule has 122 valence electrons. The number of nitrogens with one attached hydrogen (secondary N) is 2. The van der Waals surface area contributed by atoms with Crippen LogP contribution in [0, 0.1) is 0 Å². The number of halogens is 1.